The highest BCUT2D eigenvalue weighted by Gasteiger charge is 2.19. The van der Waals surface area contributed by atoms with Gasteiger partial charge in [-0.25, -0.2) is 0 Å². The van der Waals surface area contributed by atoms with Gasteiger partial charge in [-0.05, 0) is 29.7 Å². The molecule has 2 aromatic rings. The lowest BCUT2D eigenvalue weighted by Gasteiger charge is -2.22. The predicted octanol–water partition coefficient (Wildman–Crippen LogP) is 2.97. The number of hydrogen-bond acceptors (Lipinski definition) is 2. The predicted molar refractivity (Wildman–Crippen MR) is 124 cm³/mol. The molecule has 1 N–H and O–H groups in total. The third kappa shape index (κ3) is 5.73. The van der Waals surface area contributed by atoms with Crippen LogP contribution in [0.25, 0.3) is 0 Å². The summed E-state index contributed by atoms with van der Waals surface area (Å²) < 4.78 is 2.12. The second-order valence-electron chi connectivity index (χ2n) is 7.10. The van der Waals surface area contributed by atoms with Crippen LogP contribution in [0.5, 0.6) is 0 Å². The van der Waals surface area contributed by atoms with Gasteiger partial charge in [0.15, 0.2) is 5.96 Å². The molecule has 1 saturated heterocycles. The molecule has 1 amide bonds. The summed E-state index contributed by atoms with van der Waals surface area (Å²) in [5, 5.41) is 3.42. The van der Waals surface area contributed by atoms with Gasteiger partial charge in [-0.15, -0.1) is 24.0 Å². The molecule has 0 saturated carbocycles. The number of hydrogen-bond donors (Lipinski definition) is 1. The highest BCUT2D eigenvalue weighted by molar-refractivity contribution is 14.0. The number of rotatable bonds is 6. The van der Waals surface area contributed by atoms with Gasteiger partial charge in [0.05, 0.1) is 6.54 Å². The molecule has 1 aromatic carbocycles. The fourth-order valence-corrected chi connectivity index (χ4v) is 3.40. The van der Waals surface area contributed by atoms with Gasteiger partial charge in [-0.2, -0.15) is 0 Å². The number of halogens is 1. The van der Waals surface area contributed by atoms with Crippen LogP contribution in [0.1, 0.15) is 29.7 Å². The Labute approximate surface area is 184 Å². The lowest BCUT2D eigenvalue weighted by atomic mass is 10.1. The van der Waals surface area contributed by atoms with Crippen molar-refractivity contribution in [2.24, 2.45) is 12.0 Å². The van der Waals surface area contributed by atoms with Gasteiger partial charge in [0, 0.05) is 59.1 Å². The van der Waals surface area contributed by atoms with Crippen molar-refractivity contribution >= 4 is 35.8 Å². The van der Waals surface area contributed by atoms with E-state index in [1.807, 2.05) is 11.9 Å². The van der Waals surface area contributed by atoms with E-state index in [1.165, 1.54) is 16.8 Å². The maximum Gasteiger partial charge on any atom is 0.222 e. The Bertz CT molecular complexity index is 799. The van der Waals surface area contributed by atoms with E-state index >= 15 is 0 Å². The summed E-state index contributed by atoms with van der Waals surface area (Å²) in [5.74, 6) is 1.13. The third-order valence-corrected chi connectivity index (χ3v) is 5.04. The lowest BCUT2D eigenvalue weighted by molar-refractivity contribution is -0.128. The highest BCUT2D eigenvalue weighted by Crippen LogP contribution is 2.15. The molecule has 6 nitrogen and oxygen atoms in total. The molecular formula is C21H30IN5O. The molecular weight excluding hydrogens is 465 g/mol. The molecule has 152 valence electrons. The maximum absolute atomic E-state index is 11.8. The standard InChI is InChI=1S/C21H29N5O.HI/c1-22-21(25(3)16-19-6-4-12-24(19)2)23-14-17-8-10-18(11-9-17)15-26-13-5-7-20(26)27;/h4,6,8-12H,5,7,13-16H2,1-3H3,(H,22,23);1H. The molecule has 7 heteroatoms. The van der Waals surface area contributed by atoms with Crippen molar-refractivity contribution in [3.63, 3.8) is 0 Å². The minimum Gasteiger partial charge on any atom is -0.353 e. The number of amides is 1. The Balaban J connectivity index is 0.00000280. The Morgan fingerprint density at radius 2 is 1.93 bits per heavy atom. The molecule has 0 radical (unpaired) electrons. The first kappa shape index (κ1) is 22.3. The zero-order valence-electron chi connectivity index (χ0n) is 16.9. The Morgan fingerprint density at radius 1 is 1.21 bits per heavy atom. The first-order chi connectivity index (χ1) is 13.1. The number of aromatic nitrogens is 1. The monoisotopic (exact) mass is 495 g/mol. The van der Waals surface area contributed by atoms with E-state index in [2.05, 4.69) is 69.4 Å². The van der Waals surface area contributed by atoms with Gasteiger partial charge in [-0.1, -0.05) is 24.3 Å². The van der Waals surface area contributed by atoms with E-state index in [4.69, 9.17) is 0 Å². The van der Waals surface area contributed by atoms with Gasteiger partial charge < -0.3 is 19.7 Å². The van der Waals surface area contributed by atoms with E-state index in [0.29, 0.717) is 19.5 Å². The Kier molecular flexibility index (Phi) is 8.35. The van der Waals surface area contributed by atoms with Crippen molar-refractivity contribution in [1.82, 2.24) is 19.7 Å². The summed E-state index contributed by atoms with van der Waals surface area (Å²) in [7, 11) is 5.90. The molecule has 3 rings (SSSR count). The van der Waals surface area contributed by atoms with Crippen LogP contribution >= 0.6 is 24.0 Å². The summed E-state index contributed by atoms with van der Waals surface area (Å²) in [5.41, 5.74) is 3.61. The summed E-state index contributed by atoms with van der Waals surface area (Å²) in [4.78, 5) is 20.2. The van der Waals surface area contributed by atoms with E-state index in [-0.39, 0.29) is 29.9 Å². The number of guanidine groups is 1. The minimum absolute atomic E-state index is 0. The number of aliphatic imine (C=N–C) groups is 1. The van der Waals surface area contributed by atoms with Crippen molar-refractivity contribution in [3.05, 3.63) is 59.4 Å². The van der Waals surface area contributed by atoms with Crippen LogP contribution in [0.4, 0.5) is 0 Å². The quantitative estimate of drug-likeness (QED) is 0.381. The summed E-state index contributed by atoms with van der Waals surface area (Å²) in [6.45, 7) is 3.11. The van der Waals surface area contributed by atoms with Crippen molar-refractivity contribution in [2.75, 3.05) is 20.6 Å². The molecule has 1 aromatic heterocycles. The zero-order valence-corrected chi connectivity index (χ0v) is 19.2. The Hall–Kier alpha value is -2.03. The average molecular weight is 495 g/mol. The van der Waals surface area contributed by atoms with Gasteiger partial charge in [0.25, 0.3) is 0 Å². The molecule has 0 spiro atoms. The Morgan fingerprint density at radius 3 is 2.50 bits per heavy atom. The molecule has 0 unspecified atom stereocenters. The largest absolute Gasteiger partial charge is 0.353 e. The SMILES string of the molecule is CN=C(NCc1ccc(CN2CCCC2=O)cc1)N(C)Cc1cccn1C.I. The number of carbonyl (C=O) groups excluding carboxylic acids is 1. The number of benzene rings is 1. The van der Waals surface area contributed by atoms with Crippen LogP contribution in [0.2, 0.25) is 0 Å². The lowest BCUT2D eigenvalue weighted by Crippen LogP contribution is -2.38. The smallest absolute Gasteiger partial charge is 0.222 e. The van der Waals surface area contributed by atoms with E-state index in [9.17, 15) is 4.79 Å². The molecule has 0 atom stereocenters. The topological polar surface area (TPSA) is 52.9 Å². The minimum atomic E-state index is 0. The molecule has 0 bridgehead atoms. The van der Waals surface area contributed by atoms with Gasteiger partial charge in [0.1, 0.15) is 0 Å². The van der Waals surface area contributed by atoms with E-state index in [1.54, 1.807) is 7.05 Å². The summed E-state index contributed by atoms with van der Waals surface area (Å²) in [6, 6.07) is 12.6. The van der Waals surface area contributed by atoms with Crippen molar-refractivity contribution < 1.29 is 4.79 Å². The number of nitrogens with one attached hydrogen (secondary N) is 1. The van der Waals surface area contributed by atoms with E-state index < -0.39 is 0 Å². The molecule has 1 aliphatic heterocycles. The first-order valence-corrected chi connectivity index (χ1v) is 9.44. The van der Waals surface area contributed by atoms with Crippen LogP contribution in [0.15, 0.2) is 47.6 Å². The van der Waals surface area contributed by atoms with Crippen molar-refractivity contribution in [3.8, 4) is 0 Å². The normalized spacial score (nSPS) is 14.2. The molecule has 1 fully saturated rings. The summed E-state index contributed by atoms with van der Waals surface area (Å²) in [6.07, 6.45) is 3.73. The fraction of sp³-hybridized carbons (Fsp3) is 0.429. The number of nitrogens with zero attached hydrogens (tertiary/aromatic N) is 4. The highest BCUT2D eigenvalue weighted by atomic mass is 127. The van der Waals surface area contributed by atoms with Crippen LogP contribution in [-0.2, 0) is 31.5 Å². The second kappa shape index (κ2) is 10.5. The van der Waals surface area contributed by atoms with Gasteiger partial charge in [-0.3, -0.25) is 9.79 Å². The van der Waals surface area contributed by atoms with E-state index in [0.717, 1.165) is 25.5 Å². The molecule has 0 aliphatic carbocycles. The fourth-order valence-electron chi connectivity index (χ4n) is 3.40. The van der Waals surface area contributed by atoms with Crippen molar-refractivity contribution in [2.45, 2.75) is 32.5 Å². The van der Waals surface area contributed by atoms with Crippen LogP contribution in [-0.4, -0.2) is 46.9 Å². The van der Waals surface area contributed by atoms with Crippen molar-refractivity contribution in [1.29, 1.82) is 0 Å². The van der Waals surface area contributed by atoms with Crippen LogP contribution in [0.3, 0.4) is 0 Å². The van der Waals surface area contributed by atoms with Crippen LogP contribution in [0, 0.1) is 0 Å². The van der Waals surface area contributed by atoms with Gasteiger partial charge >= 0.3 is 0 Å². The molecule has 2 heterocycles. The molecule has 28 heavy (non-hydrogen) atoms. The number of carbonyl (C=O) groups is 1. The maximum atomic E-state index is 11.8. The zero-order chi connectivity index (χ0) is 19.2. The summed E-state index contributed by atoms with van der Waals surface area (Å²) >= 11 is 0. The first-order valence-electron chi connectivity index (χ1n) is 9.44. The number of aryl methyl sites for hydroxylation is 1. The second-order valence-corrected chi connectivity index (χ2v) is 7.10. The molecule has 1 aliphatic rings. The van der Waals surface area contributed by atoms with Gasteiger partial charge in [0.2, 0.25) is 5.91 Å². The average Bonchev–Trinajstić information content (AvgIpc) is 3.25. The van der Waals surface area contributed by atoms with Crippen LogP contribution < -0.4 is 5.32 Å². The third-order valence-electron chi connectivity index (χ3n) is 5.04. The number of likely N-dealkylation sites (tertiary alicyclic amines) is 1.